The third-order valence-corrected chi connectivity index (χ3v) is 4.48. The Morgan fingerprint density at radius 1 is 1.04 bits per heavy atom. The van der Waals surface area contributed by atoms with Crippen molar-refractivity contribution in [3.8, 4) is 0 Å². The highest BCUT2D eigenvalue weighted by Crippen LogP contribution is 2.28. The van der Waals surface area contributed by atoms with E-state index in [0.29, 0.717) is 11.0 Å². The standard InChI is InChI=1S/C18H17N5O2S/c1-11(16(24)23-17(19)25)26-18-21-14-10-6-5-9-13(14)15(22-18)20-12-7-3-2-4-8-12/h2-11H,1H3,(H,20,21,22)(H3,19,23,24,25)/t11-/m0/s1. The van der Waals surface area contributed by atoms with E-state index in [4.69, 9.17) is 5.73 Å². The molecular formula is C18H17N5O2S. The van der Waals surface area contributed by atoms with Gasteiger partial charge in [-0.05, 0) is 31.2 Å². The van der Waals surface area contributed by atoms with Crippen LogP contribution in [-0.2, 0) is 4.79 Å². The Bertz CT molecular complexity index is 949. The average molecular weight is 367 g/mol. The molecule has 3 amide bonds. The van der Waals surface area contributed by atoms with Gasteiger partial charge in [-0.2, -0.15) is 0 Å². The number of imide groups is 1. The van der Waals surface area contributed by atoms with Crippen molar-refractivity contribution < 1.29 is 9.59 Å². The first-order chi connectivity index (χ1) is 12.5. The van der Waals surface area contributed by atoms with E-state index in [1.807, 2.05) is 54.6 Å². The minimum absolute atomic E-state index is 0.425. The van der Waals surface area contributed by atoms with E-state index in [0.717, 1.165) is 28.4 Å². The molecule has 26 heavy (non-hydrogen) atoms. The fourth-order valence-electron chi connectivity index (χ4n) is 2.30. The molecule has 0 unspecified atom stereocenters. The quantitative estimate of drug-likeness (QED) is 0.472. The maximum atomic E-state index is 11.9. The summed E-state index contributed by atoms with van der Waals surface area (Å²) in [6, 6.07) is 16.4. The number of carbonyl (C=O) groups is 2. The van der Waals surface area contributed by atoms with Gasteiger partial charge in [0.25, 0.3) is 0 Å². The van der Waals surface area contributed by atoms with Gasteiger partial charge >= 0.3 is 6.03 Å². The summed E-state index contributed by atoms with van der Waals surface area (Å²) in [5.74, 6) is 0.156. The minimum Gasteiger partial charge on any atom is -0.351 e. The summed E-state index contributed by atoms with van der Waals surface area (Å²) in [7, 11) is 0. The maximum absolute atomic E-state index is 11.9. The molecule has 3 aromatic rings. The van der Waals surface area contributed by atoms with Gasteiger partial charge in [0, 0.05) is 11.1 Å². The molecule has 3 rings (SSSR count). The molecule has 0 fully saturated rings. The van der Waals surface area contributed by atoms with Crippen molar-refractivity contribution in [2.45, 2.75) is 17.3 Å². The van der Waals surface area contributed by atoms with Gasteiger partial charge in [0.15, 0.2) is 5.16 Å². The summed E-state index contributed by atoms with van der Waals surface area (Å²) < 4.78 is 0. The van der Waals surface area contributed by atoms with Gasteiger partial charge in [0.1, 0.15) is 5.82 Å². The third kappa shape index (κ3) is 4.28. The molecule has 1 heterocycles. The molecule has 2 aromatic carbocycles. The maximum Gasteiger partial charge on any atom is 0.318 e. The van der Waals surface area contributed by atoms with E-state index in [2.05, 4.69) is 20.6 Å². The zero-order valence-electron chi connectivity index (χ0n) is 14.0. The molecule has 0 saturated heterocycles. The molecule has 0 aliphatic rings. The number of hydrogen-bond donors (Lipinski definition) is 3. The lowest BCUT2D eigenvalue weighted by atomic mass is 10.2. The van der Waals surface area contributed by atoms with Crippen LogP contribution in [-0.4, -0.2) is 27.2 Å². The van der Waals surface area contributed by atoms with E-state index in [1.54, 1.807) is 6.92 Å². The highest BCUT2D eigenvalue weighted by Gasteiger charge is 2.18. The monoisotopic (exact) mass is 367 g/mol. The largest absolute Gasteiger partial charge is 0.351 e. The number of para-hydroxylation sites is 2. The van der Waals surface area contributed by atoms with Crippen LogP contribution in [0.4, 0.5) is 16.3 Å². The van der Waals surface area contributed by atoms with Crippen molar-refractivity contribution in [3.63, 3.8) is 0 Å². The van der Waals surface area contributed by atoms with Gasteiger partial charge in [0.2, 0.25) is 5.91 Å². The SMILES string of the molecule is C[C@H](Sc1nc(Nc2ccccc2)c2ccccc2n1)C(=O)NC(N)=O. The Labute approximate surface area is 154 Å². The number of primary amides is 1. The topological polar surface area (TPSA) is 110 Å². The zero-order valence-corrected chi connectivity index (χ0v) is 14.8. The number of nitrogens with two attached hydrogens (primary N) is 1. The summed E-state index contributed by atoms with van der Waals surface area (Å²) in [6.45, 7) is 1.66. The normalized spacial score (nSPS) is 11.7. The molecule has 0 aliphatic carbocycles. The zero-order chi connectivity index (χ0) is 18.5. The highest BCUT2D eigenvalue weighted by molar-refractivity contribution is 8.00. The predicted molar refractivity (Wildman–Crippen MR) is 102 cm³/mol. The minimum atomic E-state index is -0.881. The molecule has 4 N–H and O–H groups in total. The summed E-state index contributed by atoms with van der Waals surface area (Å²) in [5.41, 5.74) is 6.64. The van der Waals surface area contributed by atoms with E-state index < -0.39 is 17.2 Å². The van der Waals surface area contributed by atoms with Crippen LogP contribution >= 0.6 is 11.8 Å². The molecule has 8 heteroatoms. The number of amides is 3. The average Bonchev–Trinajstić information content (AvgIpc) is 2.62. The number of urea groups is 1. The fourth-order valence-corrected chi connectivity index (χ4v) is 3.07. The van der Waals surface area contributed by atoms with Crippen molar-refractivity contribution in [2.24, 2.45) is 5.73 Å². The number of hydrogen-bond acceptors (Lipinski definition) is 6. The molecule has 132 valence electrons. The number of rotatable bonds is 5. The molecule has 0 aliphatic heterocycles. The van der Waals surface area contributed by atoms with Crippen molar-refractivity contribution in [2.75, 3.05) is 5.32 Å². The highest BCUT2D eigenvalue weighted by atomic mass is 32.2. The number of nitrogens with zero attached hydrogens (tertiary/aromatic N) is 2. The molecule has 0 saturated carbocycles. The molecule has 0 spiro atoms. The van der Waals surface area contributed by atoms with Crippen molar-refractivity contribution in [3.05, 3.63) is 54.6 Å². The fraction of sp³-hybridized carbons (Fsp3) is 0.111. The molecule has 0 bridgehead atoms. The molecule has 1 aromatic heterocycles. The second-order valence-electron chi connectivity index (χ2n) is 5.48. The lowest BCUT2D eigenvalue weighted by molar-refractivity contribution is -0.119. The third-order valence-electron chi connectivity index (χ3n) is 3.52. The van der Waals surface area contributed by atoms with Crippen LogP contribution < -0.4 is 16.4 Å². The van der Waals surface area contributed by atoms with Crippen molar-refractivity contribution >= 4 is 46.1 Å². The van der Waals surface area contributed by atoms with Crippen LogP contribution in [0.2, 0.25) is 0 Å². The summed E-state index contributed by atoms with van der Waals surface area (Å²) >= 11 is 1.15. The lowest BCUT2D eigenvalue weighted by Gasteiger charge is -2.13. The van der Waals surface area contributed by atoms with Crippen LogP contribution in [0.15, 0.2) is 59.8 Å². The number of benzene rings is 2. The van der Waals surface area contributed by atoms with Crippen LogP contribution in [0.25, 0.3) is 10.9 Å². The van der Waals surface area contributed by atoms with E-state index in [1.165, 1.54) is 0 Å². The summed E-state index contributed by atoms with van der Waals surface area (Å²) in [6.07, 6.45) is 0. The first-order valence-corrected chi connectivity index (χ1v) is 8.76. The molecule has 1 atom stereocenters. The Morgan fingerprint density at radius 2 is 1.73 bits per heavy atom. The van der Waals surface area contributed by atoms with Gasteiger partial charge in [-0.15, -0.1) is 0 Å². The smallest absolute Gasteiger partial charge is 0.318 e. The summed E-state index contributed by atoms with van der Waals surface area (Å²) in [4.78, 5) is 31.8. The summed E-state index contributed by atoms with van der Waals surface area (Å²) in [5, 5.41) is 6.07. The number of carbonyl (C=O) groups excluding carboxylic acids is 2. The van der Waals surface area contributed by atoms with Gasteiger partial charge < -0.3 is 11.1 Å². The van der Waals surface area contributed by atoms with Crippen LogP contribution in [0.1, 0.15) is 6.92 Å². The lowest BCUT2D eigenvalue weighted by Crippen LogP contribution is -2.39. The molecule has 7 nitrogen and oxygen atoms in total. The van der Waals surface area contributed by atoms with Crippen molar-refractivity contribution in [1.82, 2.24) is 15.3 Å². The van der Waals surface area contributed by atoms with E-state index in [9.17, 15) is 9.59 Å². The second kappa shape index (κ2) is 7.83. The van der Waals surface area contributed by atoms with Crippen LogP contribution in [0.3, 0.4) is 0 Å². The molecular weight excluding hydrogens is 350 g/mol. The number of aromatic nitrogens is 2. The number of thioether (sulfide) groups is 1. The number of nitrogens with one attached hydrogen (secondary N) is 2. The first kappa shape index (κ1) is 17.7. The van der Waals surface area contributed by atoms with E-state index in [-0.39, 0.29) is 0 Å². The van der Waals surface area contributed by atoms with Gasteiger partial charge in [-0.25, -0.2) is 14.8 Å². The second-order valence-corrected chi connectivity index (χ2v) is 6.78. The predicted octanol–water partition coefficient (Wildman–Crippen LogP) is 3.05. The number of fused-ring (bicyclic) bond motifs is 1. The molecule has 0 radical (unpaired) electrons. The van der Waals surface area contributed by atoms with Crippen molar-refractivity contribution in [1.29, 1.82) is 0 Å². The Kier molecular flexibility index (Phi) is 5.33. The van der Waals surface area contributed by atoms with Gasteiger partial charge in [-0.3, -0.25) is 10.1 Å². The Hall–Kier alpha value is -3.13. The van der Waals surface area contributed by atoms with Gasteiger partial charge in [0.05, 0.1) is 10.8 Å². The van der Waals surface area contributed by atoms with Gasteiger partial charge in [-0.1, -0.05) is 42.1 Å². The first-order valence-electron chi connectivity index (χ1n) is 7.89. The number of anilines is 2. The van der Waals surface area contributed by atoms with Crippen LogP contribution in [0, 0.1) is 0 Å². The van der Waals surface area contributed by atoms with Crippen LogP contribution in [0.5, 0.6) is 0 Å². The van der Waals surface area contributed by atoms with E-state index >= 15 is 0 Å². The Balaban J connectivity index is 1.91. The Morgan fingerprint density at radius 3 is 2.46 bits per heavy atom.